The number of nitrogens with zero attached hydrogens (tertiary/aromatic N) is 1. The van der Waals surface area contributed by atoms with Crippen molar-refractivity contribution in [1.29, 1.82) is 0 Å². The van der Waals surface area contributed by atoms with E-state index in [1.165, 1.54) is 29.8 Å². The molecule has 1 saturated heterocycles. The summed E-state index contributed by atoms with van der Waals surface area (Å²) < 4.78 is 10.6. The lowest BCUT2D eigenvalue weighted by Crippen LogP contribution is -2.27. The Morgan fingerprint density at radius 3 is 2.83 bits per heavy atom. The molecule has 2 rings (SSSR count). The highest BCUT2D eigenvalue weighted by Crippen LogP contribution is 2.28. The Kier molecular flexibility index (Phi) is 7.10. The van der Waals surface area contributed by atoms with Crippen molar-refractivity contribution in [3.05, 3.63) is 44.5 Å². The van der Waals surface area contributed by atoms with E-state index in [0.717, 1.165) is 3.57 Å². The van der Waals surface area contributed by atoms with Crippen molar-refractivity contribution in [3.63, 3.8) is 0 Å². The molecule has 0 aliphatic carbocycles. The second kappa shape index (κ2) is 9.07. The maximum Gasteiger partial charge on any atom is 0.339 e. The predicted molar refractivity (Wildman–Crippen MR) is 98.3 cm³/mol. The summed E-state index contributed by atoms with van der Waals surface area (Å²) in [6.45, 7) is 0.581. The van der Waals surface area contributed by atoms with E-state index in [2.05, 4.69) is 27.3 Å². The molecule has 0 unspecified atom stereocenters. The third-order valence-corrected chi connectivity index (χ3v) is 5.17. The third kappa shape index (κ3) is 4.97. The molecular weight excluding hydrogens is 445 g/mol. The number of thioether (sulfide) groups is 1. The largest absolute Gasteiger partial charge is 0.466 e. The minimum absolute atomic E-state index is 0.0703. The maximum atomic E-state index is 12.0. The molecule has 6 nitrogen and oxygen atoms in total. The van der Waals surface area contributed by atoms with Crippen molar-refractivity contribution in [3.8, 4) is 0 Å². The van der Waals surface area contributed by atoms with Crippen LogP contribution in [-0.2, 0) is 19.1 Å². The van der Waals surface area contributed by atoms with E-state index in [-0.39, 0.29) is 18.5 Å². The van der Waals surface area contributed by atoms with Gasteiger partial charge in [-0.25, -0.2) is 9.59 Å². The van der Waals surface area contributed by atoms with Crippen molar-refractivity contribution in [2.45, 2.75) is 6.42 Å². The van der Waals surface area contributed by atoms with Crippen molar-refractivity contribution in [1.82, 2.24) is 4.90 Å². The van der Waals surface area contributed by atoms with E-state index < -0.39 is 5.97 Å². The topological polar surface area (TPSA) is 72.9 Å². The molecule has 1 fully saturated rings. The number of esters is 2. The number of methoxy groups -OCH3 is 1. The summed E-state index contributed by atoms with van der Waals surface area (Å²) in [5.74, 6) is -0.654. The molecule has 1 amide bonds. The van der Waals surface area contributed by atoms with Gasteiger partial charge in [0.25, 0.3) is 0 Å². The number of hydrogen-bond donors (Lipinski definition) is 0. The fourth-order valence-electron chi connectivity index (χ4n) is 2.02. The monoisotopic (exact) mass is 461 g/mol. The fourth-order valence-corrected chi connectivity index (χ4v) is 3.58. The van der Waals surface area contributed by atoms with E-state index in [1.807, 2.05) is 12.1 Å². The van der Waals surface area contributed by atoms with Gasteiger partial charge in [-0.05, 0) is 41.1 Å². The van der Waals surface area contributed by atoms with Gasteiger partial charge < -0.3 is 14.4 Å². The van der Waals surface area contributed by atoms with Crippen LogP contribution in [0.2, 0.25) is 0 Å². The Morgan fingerprint density at radius 2 is 2.12 bits per heavy atom. The van der Waals surface area contributed by atoms with Crippen LogP contribution < -0.4 is 0 Å². The summed E-state index contributed by atoms with van der Waals surface area (Å²) in [4.78, 5) is 36.7. The lowest BCUT2D eigenvalue weighted by atomic mass is 10.2. The second-order valence-electron chi connectivity index (χ2n) is 4.81. The molecule has 24 heavy (non-hydrogen) atoms. The zero-order chi connectivity index (χ0) is 17.5. The molecule has 0 bridgehead atoms. The molecule has 1 aromatic rings. The van der Waals surface area contributed by atoms with Crippen molar-refractivity contribution < 1.29 is 23.9 Å². The van der Waals surface area contributed by atoms with Crippen molar-refractivity contribution in [2.24, 2.45) is 0 Å². The normalized spacial score (nSPS) is 15.7. The molecule has 0 saturated carbocycles. The van der Waals surface area contributed by atoms with Gasteiger partial charge in [0.1, 0.15) is 0 Å². The minimum Gasteiger partial charge on any atom is -0.466 e. The Bertz CT molecular complexity index is 676. The molecule has 1 aromatic carbocycles. The molecule has 1 aliphatic heterocycles. The van der Waals surface area contributed by atoms with Crippen molar-refractivity contribution in [2.75, 3.05) is 26.0 Å². The first-order valence-electron chi connectivity index (χ1n) is 7.17. The summed E-state index contributed by atoms with van der Waals surface area (Å²) in [7, 11) is 1.29. The SMILES string of the molecule is COC(=O)/C=C1/SCC(=O)N1CCCOC(=O)c1ccccc1I. The average Bonchev–Trinajstić information content (AvgIpc) is 2.91. The average molecular weight is 461 g/mol. The maximum absolute atomic E-state index is 12.0. The Balaban J connectivity index is 1.84. The Morgan fingerprint density at radius 1 is 1.38 bits per heavy atom. The number of benzene rings is 1. The van der Waals surface area contributed by atoms with E-state index in [0.29, 0.717) is 29.3 Å². The van der Waals surface area contributed by atoms with Crippen molar-refractivity contribution >= 4 is 52.2 Å². The molecule has 128 valence electrons. The molecule has 0 radical (unpaired) electrons. The van der Waals surface area contributed by atoms with Crippen LogP contribution in [0.4, 0.5) is 0 Å². The summed E-state index contributed by atoms with van der Waals surface area (Å²) in [5, 5.41) is 0.566. The highest BCUT2D eigenvalue weighted by molar-refractivity contribution is 14.1. The van der Waals surface area contributed by atoms with Gasteiger partial charge in [-0.3, -0.25) is 4.79 Å². The number of carbonyl (C=O) groups is 3. The fraction of sp³-hybridized carbons (Fsp3) is 0.312. The lowest BCUT2D eigenvalue weighted by molar-refractivity contribution is -0.134. The summed E-state index contributed by atoms with van der Waals surface area (Å²) >= 11 is 3.37. The highest BCUT2D eigenvalue weighted by Gasteiger charge is 2.27. The van der Waals surface area contributed by atoms with E-state index in [9.17, 15) is 14.4 Å². The van der Waals surface area contributed by atoms with E-state index in [1.54, 1.807) is 12.1 Å². The van der Waals surface area contributed by atoms with Gasteiger partial charge in [-0.2, -0.15) is 0 Å². The number of amides is 1. The van der Waals surface area contributed by atoms with E-state index >= 15 is 0 Å². The van der Waals surface area contributed by atoms with Crippen LogP contribution in [0.1, 0.15) is 16.8 Å². The highest BCUT2D eigenvalue weighted by atomic mass is 127. The second-order valence-corrected chi connectivity index (χ2v) is 6.97. The molecule has 8 heteroatoms. The molecule has 0 N–H and O–H groups in total. The van der Waals surface area contributed by atoms with Gasteiger partial charge in [0.05, 0.1) is 36.1 Å². The zero-order valence-corrected chi connectivity index (χ0v) is 16.0. The Hall–Kier alpha value is -1.55. The molecule has 0 aromatic heterocycles. The van der Waals surface area contributed by atoms with Gasteiger partial charge in [0, 0.05) is 10.1 Å². The first-order valence-corrected chi connectivity index (χ1v) is 9.24. The number of ether oxygens (including phenoxy) is 2. The van der Waals surface area contributed by atoms with Crippen LogP contribution in [0.3, 0.4) is 0 Å². The van der Waals surface area contributed by atoms with Crippen LogP contribution >= 0.6 is 34.4 Å². The number of hydrogen-bond acceptors (Lipinski definition) is 6. The third-order valence-electron chi connectivity index (χ3n) is 3.21. The van der Waals surface area contributed by atoms with Crippen LogP contribution in [0.5, 0.6) is 0 Å². The first kappa shape index (κ1) is 18.8. The number of halogens is 1. The molecule has 1 heterocycles. The minimum atomic E-state index is -0.498. The van der Waals surface area contributed by atoms with Crippen LogP contribution in [0.15, 0.2) is 35.4 Å². The Labute approximate surface area is 157 Å². The van der Waals surface area contributed by atoms with Crippen LogP contribution in [-0.4, -0.2) is 48.8 Å². The first-order chi connectivity index (χ1) is 11.5. The predicted octanol–water partition coefficient (Wildman–Crippen LogP) is 2.43. The van der Waals surface area contributed by atoms with Gasteiger partial charge in [-0.1, -0.05) is 23.9 Å². The molecule has 1 aliphatic rings. The standard InChI is InChI=1S/C16H16INO5S/c1-22-15(20)9-14-18(13(19)10-24-14)7-4-8-23-16(21)11-5-2-3-6-12(11)17/h2-3,5-6,9H,4,7-8,10H2,1H3/b14-9+. The van der Waals surface area contributed by atoms with E-state index in [4.69, 9.17) is 4.74 Å². The summed E-state index contributed by atoms with van der Waals surface area (Å²) in [5.41, 5.74) is 0.525. The molecule has 0 spiro atoms. The van der Waals surface area contributed by atoms with Gasteiger partial charge in [0.2, 0.25) is 5.91 Å². The van der Waals surface area contributed by atoms with Gasteiger partial charge in [0.15, 0.2) is 0 Å². The number of rotatable bonds is 6. The summed E-state index contributed by atoms with van der Waals surface area (Å²) in [6.07, 6.45) is 1.79. The molecule has 0 atom stereocenters. The van der Waals surface area contributed by atoms with Gasteiger partial charge >= 0.3 is 11.9 Å². The van der Waals surface area contributed by atoms with Gasteiger partial charge in [-0.15, -0.1) is 0 Å². The lowest BCUT2D eigenvalue weighted by Gasteiger charge is -2.16. The van der Waals surface area contributed by atoms with Crippen LogP contribution in [0.25, 0.3) is 0 Å². The smallest absolute Gasteiger partial charge is 0.339 e. The summed E-state index contributed by atoms with van der Waals surface area (Å²) in [6, 6.07) is 7.18. The van der Waals surface area contributed by atoms with Crippen LogP contribution in [0, 0.1) is 3.57 Å². The quantitative estimate of drug-likeness (QED) is 0.281. The molecular formula is C16H16INO5S. The zero-order valence-electron chi connectivity index (χ0n) is 13.0. The number of carbonyl (C=O) groups excluding carboxylic acids is 3.